The van der Waals surface area contributed by atoms with E-state index in [4.69, 9.17) is 0 Å². The largest absolute Gasteiger partial charge is 0.274 e. The van der Waals surface area contributed by atoms with Crippen molar-refractivity contribution in [2.24, 2.45) is 0 Å². The second kappa shape index (κ2) is 7.12. The predicted octanol–water partition coefficient (Wildman–Crippen LogP) is 1.92. The summed E-state index contributed by atoms with van der Waals surface area (Å²) in [6.45, 7) is 1.77. The fourth-order valence-electron chi connectivity index (χ4n) is 2.59. The van der Waals surface area contributed by atoms with E-state index in [0.717, 1.165) is 24.5 Å². The summed E-state index contributed by atoms with van der Waals surface area (Å²) in [7, 11) is 0. The number of hydrogen-bond donors (Lipinski definition) is 2. The molecule has 0 aliphatic rings. The lowest BCUT2D eigenvalue weighted by molar-refractivity contribution is 0.844. The van der Waals surface area contributed by atoms with Gasteiger partial charge in [-0.25, -0.2) is 9.97 Å². The van der Waals surface area contributed by atoms with Crippen LogP contribution in [-0.2, 0) is 18.6 Å². The van der Waals surface area contributed by atoms with E-state index in [1.54, 1.807) is 6.92 Å². The highest BCUT2D eigenvalue weighted by atomic mass is 32.2. The van der Waals surface area contributed by atoms with Crippen molar-refractivity contribution in [2.45, 2.75) is 30.7 Å². The number of fused-ring (bicyclic) bond motifs is 1. The third-order valence-corrected chi connectivity index (χ3v) is 4.72. The third kappa shape index (κ3) is 3.67. The first-order valence-electron chi connectivity index (χ1n) is 8.21. The van der Waals surface area contributed by atoms with Gasteiger partial charge >= 0.3 is 0 Å². The van der Waals surface area contributed by atoms with Crippen LogP contribution in [0.4, 0.5) is 0 Å². The highest BCUT2D eigenvalue weighted by Crippen LogP contribution is 2.17. The lowest BCUT2D eigenvalue weighted by Gasteiger charge is -1.97. The van der Waals surface area contributed by atoms with E-state index >= 15 is 0 Å². The van der Waals surface area contributed by atoms with Gasteiger partial charge in [-0.1, -0.05) is 42.1 Å². The van der Waals surface area contributed by atoms with Gasteiger partial charge in [-0.05, 0) is 18.9 Å². The molecule has 0 spiro atoms. The summed E-state index contributed by atoms with van der Waals surface area (Å²) >= 11 is 1.44. The van der Waals surface area contributed by atoms with Crippen LogP contribution >= 0.6 is 11.8 Å². The summed E-state index contributed by atoms with van der Waals surface area (Å²) in [4.78, 5) is 25.0. The van der Waals surface area contributed by atoms with E-state index in [1.807, 2.05) is 18.2 Å². The van der Waals surface area contributed by atoms with Crippen molar-refractivity contribution in [1.82, 2.24) is 34.8 Å². The molecular weight excluding hydrogens is 350 g/mol. The molecule has 4 rings (SSSR count). The van der Waals surface area contributed by atoms with E-state index in [2.05, 4.69) is 42.4 Å². The quantitative estimate of drug-likeness (QED) is 0.505. The number of nitrogens with zero attached hydrogens (tertiary/aromatic N) is 5. The molecule has 26 heavy (non-hydrogen) atoms. The number of benzene rings is 1. The average molecular weight is 367 g/mol. The molecule has 0 unspecified atom stereocenters. The lowest BCUT2D eigenvalue weighted by Crippen LogP contribution is -2.14. The van der Waals surface area contributed by atoms with Crippen LogP contribution in [0, 0.1) is 6.92 Å². The van der Waals surface area contributed by atoms with E-state index in [0.29, 0.717) is 22.4 Å². The van der Waals surface area contributed by atoms with E-state index in [1.165, 1.54) is 27.9 Å². The molecule has 0 saturated heterocycles. The number of rotatable bonds is 6. The van der Waals surface area contributed by atoms with Gasteiger partial charge in [-0.15, -0.1) is 0 Å². The van der Waals surface area contributed by atoms with Crippen molar-refractivity contribution < 1.29 is 0 Å². The Kier molecular flexibility index (Phi) is 4.53. The standard InChI is InChI=1S/C17H17N7OS/c1-11-9-15(25)24-16(18-11)20-17(23-24)26-10-14-19-13(21-22-14)8-7-12-5-3-2-4-6-12/h2-6,9H,7-8,10H2,1H3,(H,18,20,23)(H,19,21,22). The Morgan fingerprint density at radius 1 is 1.12 bits per heavy atom. The molecule has 9 heteroatoms. The second-order valence-electron chi connectivity index (χ2n) is 5.87. The van der Waals surface area contributed by atoms with E-state index < -0.39 is 0 Å². The first kappa shape index (κ1) is 16.5. The molecule has 0 radical (unpaired) electrons. The first-order valence-corrected chi connectivity index (χ1v) is 9.19. The van der Waals surface area contributed by atoms with Crippen molar-refractivity contribution in [3.63, 3.8) is 0 Å². The summed E-state index contributed by atoms with van der Waals surface area (Å²) in [6.07, 6.45) is 1.69. The Labute approximate surface area is 153 Å². The van der Waals surface area contributed by atoms with Crippen molar-refractivity contribution in [2.75, 3.05) is 0 Å². The maximum absolute atomic E-state index is 11.9. The highest BCUT2D eigenvalue weighted by Gasteiger charge is 2.09. The topological polar surface area (TPSA) is 105 Å². The van der Waals surface area contributed by atoms with Crippen LogP contribution in [-0.4, -0.2) is 34.8 Å². The average Bonchev–Trinajstić information content (AvgIpc) is 3.25. The van der Waals surface area contributed by atoms with Gasteiger partial charge in [-0.2, -0.15) is 14.6 Å². The Bertz CT molecular complexity index is 1080. The maximum atomic E-state index is 11.9. The molecule has 8 nitrogen and oxygen atoms in total. The van der Waals surface area contributed by atoms with Crippen molar-refractivity contribution in [1.29, 1.82) is 0 Å². The molecule has 0 aliphatic carbocycles. The Morgan fingerprint density at radius 3 is 2.81 bits per heavy atom. The van der Waals surface area contributed by atoms with Crippen LogP contribution in [0.15, 0.2) is 46.3 Å². The van der Waals surface area contributed by atoms with Crippen molar-refractivity contribution in [3.8, 4) is 0 Å². The maximum Gasteiger partial charge on any atom is 0.274 e. The van der Waals surface area contributed by atoms with Gasteiger partial charge in [0.05, 0.1) is 5.75 Å². The van der Waals surface area contributed by atoms with Gasteiger partial charge in [0.1, 0.15) is 5.82 Å². The zero-order valence-electron chi connectivity index (χ0n) is 14.1. The number of H-pyrrole nitrogens is 2. The molecule has 2 N–H and O–H groups in total. The van der Waals surface area contributed by atoms with Crippen LogP contribution in [0.5, 0.6) is 0 Å². The summed E-state index contributed by atoms with van der Waals surface area (Å²) < 4.78 is 1.33. The first-order chi connectivity index (χ1) is 12.7. The van der Waals surface area contributed by atoms with Crippen molar-refractivity contribution in [3.05, 3.63) is 69.7 Å². The predicted molar refractivity (Wildman–Crippen MR) is 98.1 cm³/mol. The zero-order chi connectivity index (χ0) is 17.9. The molecule has 3 aromatic heterocycles. The monoisotopic (exact) mass is 367 g/mol. The fourth-order valence-corrected chi connectivity index (χ4v) is 3.29. The molecule has 4 aromatic rings. The molecule has 1 aromatic carbocycles. The zero-order valence-corrected chi connectivity index (χ0v) is 15.0. The van der Waals surface area contributed by atoms with Gasteiger partial charge in [-0.3, -0.25) is 15.0 Å². The van der Waals surface area contributed by atoms with Gasteiger partial charge in [0, 0.05) is 18.2 Å². The summed E-state index contributed by atoms with van der Waals surface area (Å²) in [5.74, 6) is 2.52. The number of nitrogens with one attached hydrogen (secondary N) is 2. The van der Waals surface area contributed by atoms with Crippen LogP contribution in [0.25, 0.3) is 5.78 Å². The van der Waals surface area contributed by atoms with Gasteiger partial charge in [0.2, 0.25) is 0 Å². The van der Waals surface area contributed by atoms with Crippen LogP contribution in [0.3, 0.4) is 0 Å². The van der Waals surface area contributed by atoms with E-state index in [-0.39, 0.29) is 5.56 Å². The molecule has 0 saturated carbocycles. The van der Waals surface area contributed by atoms with E-state index in [9.17, 15) is 4.79 Å². The summed E-state index contributed by atoms with van der Waals surface area (Å²) in [5, 5.41) is 10.8. The van der Waals surface area contributed by atoms with Crippen LogP contribution < -0.4 is 5.56 Å². The Hall–Kier alpha value is -2.94. The summed E-state index contributed by atoms with van der Waals surface area (Å²) in [5.41, 5.74) is 1.75. The highest BCUT2D eigenvalue weighted by molar-refractivity contribution is 7.98. The second-order valence-corrected chi connectivity index (χ2v) is 6.84. The number of thioether (sulfide) groups is 1. The molecule has 0 aliphatic heterocycles. The van der Waals surface area contributed by atoms with Crippen LogP contribution in [0.2, 0.25) is 0 Å². The number of aromatic nitrogens is 7. The molecule has 132 valence electrons. The minimum Gasteiger partial charge on any atom is -0.267 e. The Balaban J connectivity index is 1.39. The normalized spacial score (nSPS) is 11.3. The molecule has 0 bridgehead atoms. The van der Waals surface area contributed by atoms with Gasteiger partial charge < -0.3 is 0 Å². The SMILES string of the molecule is Cc1cc(=O)n2[nH]c(SCc3nc(CCc4ccccc4)n[nH]3)nc2n1. The Morgan fingerprint density at radius 2 is 1.96 bits per heavy atom. The lowest BCUT2D eigenvalue weighted by atomic mass is 10.1. The number of aromatic amines is 2. The smallest absolute Gasteiger partial charge is 0.267 e. The molecule has 0 amide bonds. The molecule has 0 atom stereocenters. The van der Waals surface area contributed by atoms with Gasteiger partial charge in [0.25, 0.3) is 11.3 Å². The third-order valence-electron chi connectivity index (χ3n) is 3.84. The van der Waals surface area contributed by atoms with Gasteiger partial charge in [0.15, 0.2) is 11.0 Å². The summed E-state index contributed by atoms with van der Waals surface area (Å²) in [6, 6.07) is 11.7. The molecule has 0 fully saturated rings. The molecule has 3 heterocycles. The molecular formula is C17H17N7OS. The minimum absolute atomic E-state index is 0.172. The minimum atomic E-state index is -0.172. The fraction of sp³-hybridized carbons (Fsp3) is 0.235. The van der Waals surface area contributed by atoms with Crippen molar-refractivity contribution >= 4 is 17.5 Å². The number of aryl methyl sites for hydroxylation is 3. The number of hydrogen-bond acceptors (Lipinski definition) is 6. The van der Waals surface area contributed by atoms with Crippen LogP contribution in [0.1, 0.15) is 22.9 Å².